The molecule has 42 heavy (non-hydrogen) atoms. The van der Waals surface area contributed by atoms with Crippen molar-refractivity contribution in [3.05, 3.63) is 88.4 Å². The molecule has 4 rings (SSSR count). The molecular formula is C31H35Cl2N3O5S. The lowest BCUT2D eigenvalue weighted by Gasteiger charge is -2.34. The molecule has 1 atom stereocenters. The molecule has 1 saturated carbocycles. The molecule has 0 radical (unpaired) electrons. The molecule has 8 nitrogen and oxygen atoms in total. The summed E-state index contributed by atoms with van der Waals surface area (Å²) in [4.78, 5) is 29.2. The van der Waals surface area contributed by atoms with Crippen molar-refractivity contribution in [2.24, 2.45) is 0 Å². The lowest BCUT2D eigenvalue weighted by atomic mass is 10.1. The van der Waals surface area contributed by atoms with Crippen LogP contribution in [0.1, 0.15) is 44.6 Å². The molecule has 1 fully saturated rings. The average molecular weight is 633 g/mol. The van der Waals surface area contributed by atoms with E-state index in [0.29, 0.717) is 27.8 Å². The number of anilines is 1. The summed E-state index contributed by atoms with van der Waals surface area (Å²) in [6, 6.07) is 18.5. The Kier molecular flexibility index (Phi) is 10.8. The number of sulfonamides is 1. The Hall–Kier alpha value is -3.27. The van der Waals surface area contributed by atoms with Gasteiger partial charge in [-0.05, 0) is 73.4 Å². The van der Waals surface area contributed by atoms with Crippen LogP contribution >= 0.6 is 23.2 Å². The second kappa shape index (κ2) is 14.3. The summed E-state index contributed by atoms with van der Waals surface area (Å²) >= 11 is 12.6. The van der Waals surface area contributed by atoms with Gasteiger partial charge >= 0.3 is 0 Å². The fourth-order valence-electron chi connectivity index (χ4n) is 5.12. The first-order valence-electron chi connectivity index (χ1n) is 13.9. The van der Waals surface area contributed by atoms with Crippen molar-refractivity contribution >= 4 is 50.7 Å². The number of ether oxygens (including phenoxy) is 1. The first-order chi connectivity index (χ1) is 20.1. The zero-order valence-corrected chi connectivity index (χ0v) is 26.0. The molecule has 0 saturated heterocycles. The number of hydrogen-bond donors (Lipinski definition) is 1. The maximum atomic E-state index is 14.2. The Labute approximate surface area is 257 Å². The minimum atomic E-state index is -4.16. The van der Waals surface area contributed by atoms with E-state index in [4.69, 9.17) is 27.9 Å². The van der Waals surface area contributed by atoms with Crippen molar-refractivity contribution in [1.82, 2.24) is 10.2 Å². The summed E-state index contributed by atoms with van der Waals surface area (Å²) in [5.74, 6) is -0.287. The minimum Gasteiger partial charge on any atom is -0.497 e. The highest BCUT2D eigenvalue weighted by molar-refractivity contribution is 7.92. The summed E-state index contributed by atoms with van der Waals surface area (Å²) in [5.41, 5.74) is 0.865. The van der Waals surface area contributed by atoms with E-state index in [2.05, 4.69) is 5.32 Å². The predicted molar refractivity (Wildman–Crippen MR) is 165 cm³/mol. The van der Waals surface area contributed by atoms with E-state index in [-0.39, 0.29) is 29.1 Å². The molecule has 1 N–H and O–H groups in total. The maximum absolute atomic E-state index is 14.2. The minimum absolute atomic E-state index is 0.00668. The Morgan fingerprint density at radius 2 is 1.67 bits per heavy atom. The first-order valence-corrected chi connectivity index (χ1v) is 16.1. The summed E-state index contributed by atoms with van der Waals surface area (Å²) in [7, 11) is -2.65. The molecule has 0 spiro atoms. The van der Waals surface area contributed by atoms with Gasteiger partial charge in [0.25, 0.3) is 10.0 Å². The van der Waals surface area contributed by atoms with Gasteiger partial charge in [-0.2, -0.15) is 0 Å². The van der Waals surface area contributed by atoms with Crippen molar-refractivity contribution in [2.45, 2.75) is 62.6 Å². The van der Waals surface area contributed by atoms with Crippen molar-refractivity contribution in [2.75, 3.05) is 18.0 Å². The summed E-state index contributed by atoms with van der Waals surface area (Å²) in [6.07, 6.45) is 4.18. The Morgan fingerprint density at radius 1 is 1.00 bits per heavy atom. The molecule has 11 heteroatoms. The van der Waals surface area contributed by atoms with E-state index in [0.717, 1.165) is 30.0 Å². The molecule has 0 unspecified atom stereocenters. The molecular weight excluding hydrogens is 597 g/mol. The van der Waals surface area contributed by atoms with Crippen LogP contribution in [0.2, 0.25) is 10.0 Å². The topological polar surface area (TPSA) is 96.0 Å². The molecule has 2 amide bonds. The summed E-state index contributed by atoms with van der Waals surface area (Å²) in [6.45, 7) is 1.28. The monoisotopic (exact) mass is 631 g/mol. The second-order valence-corrected chi connectivity index (χ2v) is 12.9. The average Bonchev–Trinajstić information content (AvgIpc) is 3.50. The van der Waals surface area contributed by atoms with E-state index < -0.39 is 28.5 Å². The fraction of sp³-hybridized carbons (Fsp3) is 0.355. The third kappa shape index (κ3) is 7.56. The number of nitrogens with zero attached hydrogens (tertiary/aromatic N) is 2. The SMILES string of the molecule is CC[C@H](C(=O)NC1CCCC1)N(Cc1ccc(Cl)cc1Cl)C(=O)CN(c1ccc(OC)cc1)S(=O)(=O)c1ccccc1. The highest BCUT2D eigenvalue weighted by Crippen LogP contribution is 2.28. The number of benzene rings is 3. The van der Waals surface area contributed by atoms with Gasteiger partial charge in [0.05, 0.1) is 17.7 Å². The van der Waals surface area contributed by atoms with E-state index in [1.807, 2.05) is 6.92 Å². The fourth-order valence-corrected chi connectivity index (χ4v) is 7.02. The number of carbonyl (C=O) groups excluding carboxylic acids is 2. The zero-order valence-electron chi connectivity index (χ0n) is 23.6. The van der Waals surface area contributed by atoms with Crippen molar-refractivity contribution in [3.8, 4) is 5.75 Å². The highest BCUT2D eigenvalue weighted by Gasteiger charge is 2.34. The van der Waals surface area contributed by atoms with Gasteiger partial charge in [0.2, 0.25) is 11.8 Å². The number of carbonyl (C=O) groups is 2. The van der Waals surface area contributed by atoms with Crippen molar-refractivity contribution in [1.29, 1.82) is 0 Å². The predicted octanol–water partition coefficient (Wildman–Crippen LogP) is 6.06. The summed E-state index contributed by atoms with van der Waals surface area (Å²) in [5, 5.41) is 3.88. The molecule has 3 aromatic carbocycles. The molecule has 1 aliphatic carbocycles. The van der Waals surface area contributed by atoms with E-state index >= 15 is 0 Å². The largest absolute Gasteiger partial charge is 0.497 e. The second-order valence-electron chi connectivity index (χ2n) is 10.2. The molecule has 0 aliphatic heterocycles. The quantitative estimate of drug-likeness (QED) is 0.262. The van der Waals surface area contributed by atoms with Gasteiger partial charge < -0.3 is 15.0 Å². The third-order valence-corrected chi connectivity index (χ3v) is 9.79. The van der Waals surface area contributed by atoms with E-state index in [1.54, 1.807) is 60.7 Å². The molecule has 3 aromatic rings. The zero-order chi connectivity index (χ0) is 30.3. The Morgan fingerprint density at radius 3 is 2.26 bits per heavy atom. The van der Waals surface area contributed by atoms with E-state index in [1.165, 1.54) is 24.1 Å². The first kappa shape index (κ1) is 31.7. The van der Waals surface area contributed by atoms with Crippen LogP contribution < -0.4 is 14.4 Å². The van der Waals surface area contributed by atoms with Crippen LogP contribution in [0.3, 0.4) is 0 Å². The van der Waals surface area contributed by atoms with Gasteiger partial charge in [-0.3, -0.25) is 13.9 Å². The lowest BCUT2D eigenvalue weighted by molar-refractivity contribution is -0.140. The maximum Gasteiger partial charge on any atom is 0.264 e. The number of methoxy groups -OCH3 is 1. The third-order valence-electron chi connectivity index (χ3n) is 7.41. The number of halogens is 2. The van der Waals surface area contributed by atoms with Gasteiger partial charge in [0, 0.05) is 22.6 Å². The Bertz CT molecular complexity index is 1480. The van der Waals surface area contributed by atoms with Gasteiger partial charge in [-0.15, -0.1) is 0 Å². The Balaban J connectivity index is 1.72. The standard InChI is InChI=1S/C31H35Cl2N3O5S/c1-3-29(31(38)34-24-9-7-8-10-24)35(20-22-13-14-23(32)19-28(22)33)30(37)21-36(25-15-17-26(41-2)18-16-25)42(39,40)27-11-5-4-6-12-27/h4-6,11-19,24,29H,3,7-10,20-21H2,1-2H3,(H,34,38)/t29-/m1/s1. The number of amides is 2. The number of hydrogen-bond acceptors (Lipinski definition) is 5. The lowest BCUT2D eigenvalue weighted by Crippen LogP contribution is -2.53. The van der Waals surface area contributed by atoms with Gasteiger partial charge in [0.1, 0.15) is 18.3 Å². The van der Waals surface area contributed by atoms with Crippen LogP contribution in [-0.2, 0) is 26.2 Å². The van der Waals surface area contributed by atoms with Crippen LogP contribution in [0, 0.1) is 0 Å². The van der Waals surface area contributed by atoms with Crippen molar-refractivity contribution < 1.29 is 22.7 Å². The van der Waals surface area contributed by atoms with Gasteiger partial charge in [-0.1, -0.05) is 67.2 Å². The number of nitrogens with one attached hydrogen (secondary N) is 1. The van der Waals surface area contributed by atoms with Crippen LogP contribution in [-0.4, -0.2) is 50.9 Å². The smallest absolute Gasteiger partial charge is 0.264 e. The number of rotatable bonds is 12. The highest BCUT2D eigenvalue weighted by atomic mass is 35.5. The molecule has 0 aromatic heterocycles. The van der Waals surface area contributed by atoms with E-state index in [9.17, 15) is 18.0 Å². The van der Waals surface area contributed by atoms with Crippen LogP contribution in [0.25, 0.3) is 0 Å². The molecule has 224 valence electrons. The van der Waals surface area contributed by atoms with Crippen LogP contribution in [0.4, 0.5) is 5.69 Å². The van der Waals surface area contributed by atoms with Crippen molar-refractivity contribution in [3.63, 3.8) is 0 Å². The molecule has 1 aliphatic rings. The van der Waals surface area contributed by atoms with Crippen LogP contribution in [0.15, 0.2) is 77.7 Å². The molecule has 0 bridgehead atoms. The summed E-state index contributed by atoms with van der Waals surface area (Å²) < 4.78 is 34.1. The van der Waals surface area contributed by atoms with Gasteiger partial charge in [0.15, 0.2) is 0 Å². The van der Waals surface area contributed by atoms with Crippen LogP contribution in [0.5, 0.6) is 5.75 Å². The normalized spacial score (nSPS) is 14.3. The molecule has 0 heterocycles. The van der Waals surface area contributed by atoms with Gasteiger partial charge in [-0.25, -0.2) is 8.42 Å².